The average Bonchev–Trinajstić information content (AvgIpc) is 2.86. The molecule has 0 radical (unpaired) electrons. The maximum atomic E-state index is 13.2. The summed E-state index contributed by atoms with van der Waals surface area (Å²) >= 11 is 0. The molecule has 4 heterocycles. The summed E-state index contributed by atoms with van der Waals surface area (Å²) in [6, 6.07) is 17.6. The summed E-state index contributed by atoms with van der Waals surface area (Å²) < 4.78 is 7.71. The summed E-state index contributed by atoms with van der Waals surface area (Å²) in [7, 11) is 0. The SMILES string of the molecule is O=c1ccn(CCN2CCOCC2)c2c1C(C(c1ccccc1)c1ccccn1)N=CC2. The number of fused-ring (bicyclic) bond motifs is 1. The standard InChI is InChI=1S/C26H28N4O2/c31-23-10-13-30(15-14-29-16-18-32-19-17-29)22-9-12-28-26(25(22)23)24(20-6-2-1-3-7-20)21-8-4-5-11-27-21/h1-8,10-13,24,26H,9,14-19H2. The van der Waals surface area contributed by atoms with Crippen molar-refractivity contribution in [3.05, 3.63) is 99.7 Å². The molecule has 0 N–H and O–H groups in total. The number of morpholine rings is 1. The number of pyridine rings is 2. The van der Waals surface area contributed by atoms with Gasteiger partial charge in [0.15, 0.2) is 5.43 Å². The zero-order valence-corrected chi connectivity index (χ0v) is 18.1. The largest absolute Gasteiger partial charge is 0.379 e. The van der Waals surface area contributed by atoms with E-state index in [1.54, 1.807) is 6.07 Å². The molecule has 6 nitrogen and oxygen atoms in total. The Morgan fingerprint density at radius 2 is 1.81 bits per heavy atom. The average molecular weight is 429 g/mol. The van der Waals surface area contributed by atoms with Gasteiger partial charge in [-0.25, -0.2) is 0 Å². The van der Waals surface area contributed by atoms with Gasteiger partial charge in [-0.3, -0.25) is 19.7 Å². The summed E-state index contributed by atoms with van der Waals surface area (Å²) in [5.41, 5.74) is 3.97. The highest BCUT2D eigenvalue weighted by Gasteiger charge is 2.33. The summed E-state index contributed by atoms with van der Waals surface area (Å²) in [4.78, 5) is 25.1. The maximum absolute atomic E-state index is 13.2. The summed E-state index contributed by atoms with van der Waals surface area (Å²) in [6.07, 6.45) is 6.39. The zero-order chi connectivity index (χ0) is 21.8. The highest BCUT2D eigenvalue weighted by Crippen LogP contribution is 2.39. The fraction of sp³-hybridized carbons (Fsp3) is 0.346. The van der Waals surface area contributed by atoms with Crippen molar-refractivity contribution in [1.82, 2.24) is 14.5 Å². The number of aliphatic imine (C=N–C) groups is 1. The molecule has 0 bridgehead atoms. The van der Waals surface area contributed by atoms with Gasteiger partial charge in [0.2, 0.25) is 0 Å². The van der Waals surface area contributed by atoms with Gasteiger partial charge in [-0.15, -0.1) is 0 Å². The van der Waals surface area contributed by atoms with Crippen LogP contribution in [0.2, 0.25) is 0 Å². The first-order valence-corrected chi connectivity index (χ1v) is 11.3. The van der Waals surface area contributed by atoms with Crippen molar-refractivity contribution in [3.8, 4) is 0 Å². The van der Waals surface area contributed by atoms with Crippen LogP contribution in [0.25, 0.3) is 0 Å². The molecule has 5 rings (SSSR count). The summed E-state index contributed by atoms with van der Waals surface area (Å²) in [5, 5.41) is 0. The quantitative estimate of drug-likeness (QED) is 0.606. The van der Waals surface area contributed by atoms with Crippen molar-refractivity contribution in [2.24, 2.45) is 4.99 Å². The molecule has 0 aliphatic carbocycles. The fourth-order valence-electron chi connectivity index (χ4n) is 4.78. The van der Waals surface area contributed by atoms with Gasteiger partial charge >= 0.3 is 0 Å². The van der Waals surface area contributed by atoms with Crippen LogP contribution in [0, 0.1) is 0 Å². The second-order valence-corrected chi connectivity index (χ2v) is 8.31. The Morgan fingerprint density at radius 3 is 2.59 bits per heavy atom. The van der Waals surface area contributed by atoms with E-state index in [9.17, 15) is 4.79 Å². The van der Waals surface area contributed by atoms with E-state index >= 15 is 0 Å². The van der Waals surface area contributed by atoms with Gasteiger partial charge < -0.3 is 9.30 Å². The predicted octanol–water partition coefficient (Wildman–Crippen LogP) is 3.08. The molecular formula is C26H28N4O2. The van der Waals surface area contributed by atoms with E-state index in [0.717, 1.165) is 61.9 Å². The third-order valence-electron chi connectivity index (χ3n) is 6.42. The van der Waals surface area contributed by atoms with E-state index in [1.165, 1.54) is 0 Å². The van der Waals surface area contributed by atoms with Gasteiger partial charge in [0.1, 0.15) is 0 Å². The van der Waals surface area contributed by atoms with Crippen LogP contribution in [-0.2, 0) is 17.7 Å². The molecule has 1 fully saturated rings. The highest BCUT2D eigenvalue weighted by molar-refractivity contribution is 5.65. The zero-order valence-electron chi connectivity index (χ0n) is 18.1. The van der Waals surface area contributed by atoms with Crippen molar-refractivity contribution >= 4 is 6.21 Å². The minimum atomic E-state index is -0.292. The molecule has 2 unspecified atom stereocenters. The predicted molar refractivity (Wildman–Crippen MR) is 125 cm³/mol. The molecule has 2 aliphatic rings. The van der Waals surface area contributed by atoms with E-state index in [4.69, 9.17) is 9.73 Å². The van der Waals surface area contributed by atoms with Gasteiger partial charge in [-0.05, 0) is 17.7 Å². The fourth-order valence-corrected chi connectivity index (χ4v) is 4.78. The Kier molecular flexibility index (Phi) is 6.23. The van der Waals surface area contributed by atoms with Crippen molar-refractivity contribution < 1.29 is 4.74 Å². The third-order valence-corrected chi connectivity index (χ3v) is 6.42. The van der Waals surface area contributed by atoms with E-state index in [-0.39, 0.29) is 17.4 Å². The van der Waals surface area contributed by atoms with Crippen LogP contribution in [0.4, 0.5) is 0 Å². The maximum Gasteiger partial charge on any atom is 0.187 e. The summed E-state index contributed by atoms with van der Waals surface area (Å²) in [5.74, 6) is -0.115. The second-order valence-electron chi connectivity index (χ2n) is 8.31. The molecule has 2 atom stereocenters. The highest BCUT2D eigenvalue weighted by atomic mass is 16.5. The number of ether oxygens (including phenoxy) is 1. The van der Waals surface area contributed by atoms with Crippen molar-refractivity contribution in [2.75, 3.05) is 32.8 Å². The lowest BCUT2D eigenvalue weighted by Crippen LogP contribution is -2.38. The van der Waals surface area contributed by atoms with Gasteiger partial charge in [-0.2, -0.15) is 0 Å². The molecular weight excluding hydrogens is 400 g/mol. The van der Waals surface area contributed by atoms with Crippen LogP contribution in [0.5, 0.6) is 0 Å². The Labute approximate surface area is 188 Å². The normalized spacial score (nSPS) is 19.4. The molecule has 0 spiro atoms. The first-order valence-electron chi connectivity index (χ1n) is 11.3. The van der Waals surface area contributed by atoms with E-state index in [2.05, 4.69) is 26.6 Å². The van der Waals surface area contributed by atoms with Crippen LogP contribution in [0.3, 0.4) is 0 Å². The molecule has 2 aliphatic heterocycles. The molecule has 0 saturated carbocycles. The second kappa shape index (κ2) is 9.59. The first-order chi connectivity index (χ1) is 15.8. The molecule has 2 aromatic heterocycles. The van der Waals surface area contributed by atoms with Gasteiger partial charge in [-0.1, -0.05) is 36.4 Å². The van der Waals surface area contributed by atoms with Crippen LogP contribution >= 0.6 is 0 Å². The minimum absolute atomic E-state index is 0.0568. The molecule has 164 valence electrons. The molecule has 32 heavy (non-hydrogen) atoms. The van der Waals surface area contributed by atoms with Crippen LogP contribution in [0.1, 0.15) is 34.5 Å². The number of rotatable bonds is 6. The van der Waals surface area contributed by atoms with E-state index in [1.807, 2.05) is 55.0 Å². The molecule has 6 heteroatoms. The Balaban J connectivity index is 1.53. The number of aromatic nitrogens is 2. The van der Waals surface area contributed by atoms with Crippen molar-refractivity contribution in [3.63, 3.8) is 0 Å². The smallest absolute Gasteiger partial charge is 0.187 e. The topological polar surface area (TPSA) is 59.7 Å². The van der Waals surface area contributed by atoms with Crippen LogP contribution in [-0.4, -0.2) is 53.5 Å². The Bertz CT molecular complexity index is 1080. The summed E-state index contributed by atoms with van der Waals surface area (Å²) in [6.45, 7) is 5.30. The van der Waals surface area contributed by atoms with Gasteiger partial charge in [0, 0.05) is 68.5 Å². The minimum Gasteiger partial charge on any atom is -0.379 e. The van der Waals surface area contributed by atoms with Crippen LogP contribution < -0.4 is 5.43 Å². The van der Waals surface area contributed by atoms with Crippen LogP contribution in [0.15, 0.2) is 76.8 Å². The van der Waals surface area contributed by atoms with E-state index in [0.29, 0.717) is 6.42 Å². The Morgan fingerprint density at radius 1 is 1.00 bits per heavy atom. The Hall–Kier alpha value is -3.09. The third kappa shape index (κ3) is 4.29. The number of benzene rings is 1. The number of hydrogen-bond acceptors (Lipinski definition) is 5. The lowest BCUT2D eigenvalue weighted by atomic mass is 9.82. The number of nitrogens with zero attached hydrogens (tertiary/aromatic N) is 4. The van der Waals surface area contributed by atoms with Crippen molar-refractivity contribution in [1.29, 1.82) is 0 Å². The number of hydrogen-bond donors (Lipinski definition) is 0. The van der Waals surface area contributed by atoms with Gasteiger partial charge in [0.25, 0.3) is 0 Å². The van der Waals surface area contributed by atoms with E-state index < -0.39 is 0 Å². The first kappa shape index (κ1) is 20.8. The monoisotopic (exact) mass is 428 g/mol. The van der Waals surface area contributed by atoms with Gasteiger partial charge in [0.05, 0.1) is 30.9 Å². The molecule has 1 aromatic carbocycles. The molecule has 0 amide bonds. The molecule has 1 saturated heterocycles. The molecule has 3 aromatic rings. The lowest BCUT2D eigenvalue weighted by Gasteiger charge is -2.31. The lowest BCUT2D eigenvalue weighted by molar-refractivity contribution is 0.0363. The van der Waals surface area contributed by atoms with Crippen molar-refractivity contribution in [2.45, 2.75) is 24.9 Å².